The van der Waals surface area contributed by atoms with Crippen molar-refractivity contribution in [3.63, 3.8) is 0 Å². The van der Waals surface area contributed by atoms with Gasteiger partial charge in [0.25, 0.3) is 0 Å². The molecule has 1 unspecified atom stereocenters. The smallest absolute Gasteiger partial charge is 0.340 e. The first-order valence-corrected chi connectivity index (χ1v) is 7.87. The van der Waals surface area contributed by atoms with Crippen LogP contribution in [-0.2, 0) is 9.53 Å². The lowest BCUT2D eigenvalue weighted by Gasteiger charge is -2.09. The summed E-state index contributed by atoms with van der Waals surface area (Å²) in [5, 5.41) is 9.33. The van der Waals surface area contributed by atoms with Gasteiger partial charge in [-0.15, -0.1) is 0 Å². The Morgan fingerprint density at radius 1 is 1.17 bits per heavy atom. The molecule has 1 aliphatic heterocycles. The van der Waals surface area contributed by atoms with Gasteiger partial charge in [-0.25, -0.2) is 4.79 Å². The fourth-order valence-electron chi connectivity index (χ4n) is 2.54. The molecule has 1 fully saturated rings. The lowest BCUT2D eigenvalue weighted by Crippen LogP contribution is -2.24. The first-order chi connectivity index (χ1) is 11.8. The average Bonchev–Trinajstić information content (AvgIpc) is 3.16. The molecule has 1 aliphatic rings. The molecule has 0 amide bonds. The first kappa shape index (κ1) is 16.0. The molecular formula is C20H17NO3. The summed E-state index contributed by atoms with van der Waals surface area (Å²) >= 11 is 0. The van der Waals surface area contributed by atoms with E-state index >= 15 is 0 Å². The fraction of sp³-hybridized carbons (Fsp3) is 0.200. The largest absolute Gasteiger partial charge is 0.425 e. The zero-order valence-electron chi connectivity index (χ0n) is 13.1. The molecule has 4 nitrogen and oxygen atoms in total. The van der Waals surface area contributed by atoms with E-state index in [-0.39, 0.29) is 5.97 Å². The summed E-state index contributed by atoms with van der Waals surface area (Å²) < 4.78 is 10.6. The van der Waals surface area contributed by atoms with Gasteiger partial charge >= 0.3 is 5.97 Å². The molecule has 120 valence electrons. The maximum atomic E-state index is 11.9. The van der Waals surface area contributed by atoms with E-state index in [0.29, 0.717) is 24.4 Å². The number of esters is 1. The maximum absolute atomic E-state index is 11.9. The first-order valence-electron chi connectivity index (χ1n) is 7.87. The summed E-state index contributed by atoms with van der Waals surface area (Å²) in [6.45, 7) is 0.611. The van der Waals surface area contributed by atoms with E-state index in [1.807, 2.05) is 42.5 Å². The zero-order chi connectivity index (χ0) is 16.8. The predicted octanol–water partition coefficient (Wildman–Crippen LogP) is 3.84. The number of hydrogen-bond acceptors (Lipinski definition) is 4. The van der Waals surface area contributed by atoms with E-state index in [9.17, 15) is 10.1 Å². The van der Waals surface area contributed by atoms with Gasteiger partial charge in [0.1, 0.15) is 5.75 Å². The van der Waals surface area contributed by atoms with Crippen molar-refractivity contribution in [2.45, 2.75) is 18.9 Å². The monoisotopic (exact) mass is 319 g/mol. The third kappa shape index (κ3) is 3.89. The van der Waals surface area contributed by atoms with Crippen molar-refractivity contribution in [2.75, 3.05) is 6.61 Å². The Morgan fingerprint density at radius 3 is 2.54 bits per heavy atom. The second-order valence-corrected chi connectivity index (χ2v) is 5.53. The fourth-order valence-corrected chi connectivity index (χ4v) is 2.54. The molecule has 4 heteroatoms. The van der Waals surface area contributed by atoms with Crippen LogP contribution in [0.5, 0.6) is 5.75 Å². The minimum atomic E-state index is -0.451. The molecule has 0 aromatic heterocycles. The Balaban J connectivity index is 1.71. The highest BCUT2D eigenvalue weighted by Crippen LogP contribution is 2.21. The van der Waals surface area contributed by atoms with E-state index in [1.54, 1.807) is 18.2 Å². The molecule has 0 saturated carbocycles. The van der Waals surface area contributed by atoms with Crippen LogP contribution in [0.25, 0.3) is 11.6 Å². The Bertz CT molecular complexity index is 767. The van der Waals surface area contributed by atoms with Crippen molar-refractivity contribution < 1.29 is 14.3 Å². The number of nitrogens with zero attached hydrogens (tertiary/aromatic N) is 1. The van der Waals surface area contributed by atoms with Crippen molar-refractivity contribution in [3.8, 4) is 11.8 Å². The van der Waals surface area contributed by atoms with Crippen LogP contribution >= 0.6 is 0 Å². The molecule has 3 rings (SSSR count). The molecule has 0 bridgehead atoms. The lowest BCUT2D eigenvalue weighted by atomic mass is 10.0. The van der Waals surface area contributed by atoms with Gasteiger partial charge in [-0.2, -0.15) is 5.26 Å². The van der Waals surface area contributed by atoms with Gasteiger partial charge in [0, 0.05) is 6.61 Å². The highest BCUT2D eigenvalue weighted by atomic mass is 16.6. The van der Waals surface area contributed by atoms with Crippen LogP contribution < -0.4 is 4.74 Å². The topological polar surface area (TPSA) is 59.3 Å². The van der Waals surface area contributed by atoms with Gasteiger partial charge in [0.2, 0.25) is 0 Å². The summed E-state index contributed by atoms with van der Waals surface area (Å²) in [4.78, 5) is 11.9. The molecule has 0 N–H and O–H groups in total. The zero-order valence-corrected chi connectivity index (χ0v) is 13.1. The molecule has 0 radical (unpaired) electrons. The van der Waals surface area contributed by atoms with Crippen LogP contribution in [0.3, 0.4) is 0 Å². The SMILES string of the molecule is N#C/C(=C/c1ccc(OC(=O)C2CCCO2)cc1)c1ccccc1. The van der Waals surface area contributed by atoms with Crippen molar-refractivity contribution in [2.24, 2.45) is 0 Å². The molecule has 2 aromatic rings. The minimum Gasteiger partial charge on any atom is -0.425 e. The minimum absolute atomic E-state index is 0.349. The second-order valence-electron chi connectivity index (χ2n) is 5.53. The number of allylic oxidation sites excluding steroid dienone is 1. The predicted molar refractivity (Wildman–Crippen MR) is 91.0 cm³/mol. The van der Waals surface area contributed by atoms with Crippen LogP contribution in [0, 0.1) is 11.3 Å². The molecule has 1 atom stereocenters. The van der Waals surface area contributed by atoms with Crippen LogP contribution in [0.15, 0.2) is 54.6 Å². The van der Waals surface area contributed by atoms with Crippen LogP contribution in [0.1, 0.15) is 24.0 Å². The van der Waals surface area contributed by atoms with Gasteiger partial charge < -0.3 is 9.47 Å². The van der Waals surface area contributed by atoms with E-state index in [2.05, 4.69) is 6.07 Å². The third-order valence-electron chi connectivity index (χ3n) is 3.81. The normalized spacial score (nSPS) is 17.3. The summed E-state index contributed by atoms with van der Waals surface area (Å²) in [6.07, 6.45) is 2.95. The second kappa shape index (κ2) is 7.58. The van der Waals surface area contributed by atoms with Gasteiger partial charge in [-0.3, -0.25) is 0 Å². The Kier molecular flexibility index (Phi) is 5.05. The standard InChI is InChI=1S/C20H17NO3/c21-14-17(16-5-2-1-3-6-16)13-15-8-10-18(11-9-15)24-20(22)19-7-4-12-23-19/h1-3,5-6,8-11,13,19H,4,7,12H2/b17-13-. The van der Waals surface area contributed by atoms with Gasteiger partial charge in [0.05, 0.1) is 11.6 Å². The van der Waals surface area contributed by atoms with E-state index in [1.165, 1.54) is 0 Å². The number of ether oxygens (including phenoxy) is 2. The van der Waals surface area contributed by atoms with Crippen LogP contribution in [0.4, 0.5) is 0 Å². The van der Waals surface area contributed by atoms with E-state index in [4.69, 9.17) is 9.47 Å². The van der Waals surface area contributed by atoms with E-state index in [0.717, 1.165) is 17.5 Å². The van der Waals surface area contributed by atoms with Gasteiger partial charge in [-0.05, 0) is 42.2 Å². The van der Waals surface area contributed by atoms with Gasteiger partial charge in [-0.1, -0.05) is 42.5 Å². The molecule has 2 aromatic carbocycles. The van der Waals surface area contributed by atoms with Crippen molar-refractivity contribution in [3.05, 3.63) is 65.7 Å². The summed E-state index contributed by atoms with van der Waals surface area (Å²) in [5.74, 6) is 0.128. The van der Waals surface area contributed by atoms with E-state index < -0.39 is 6.10 Å². The lowest BCUT2D eigenvalue weighted by molar-refractivity contribution is -0.144. The highest BCUT2D eigenvalue weighted by Gasteiger charge is 2.25. The molecule has 1 heterocycles. The number of carbonyl (C=O) groups excluding carboxylic acids is 1. The number of nitriles is 1. The third-order valence-corrected chi connectivity index (χ3v) is 3.81. The average molecular weight is 319 g/mol. The summed E-state index contributed by atoms with van der Waals surface area (Å²) in [6, 6.07) is 18.8. The van der Waals surface area contributed by atoms with Gasteiger partial charge in [0.15, 0.2) is 6.10 Å². The highest BCUT2D eigenvalue weighted by molar-refractivity contribution is 5.89. The molecule has 1 saturated heterocycles. The number of hydrogen-bond donors (Lipinski definition) is 0. The van der Waals surface area contributed by atoms with Crippen molar-refractivity contribution >= 4 is 17.6 Å². The summed E-state index contributed by atoms with van der Waals surface area (Å²) in [7, 11) is 0. The van der Waals surface area contributed by atoms with Crippen LogP contribution in [0.2, 0.25) is 0 Å². The molecule has 0 spiro atoms. The quantitative estimate of drug-likeness (QED) is 0.372. The number of benzene rings is 2. The number of rotatable bonds is 4. The van der Waals surface area contributed by atoms with Crippen LogP contribution in [-0.4, -0.2) is 18.7 Å². The Morgan fingerprint density at radius 2 is 1.92 bits per heavy atom. The van der Waals surface area contributed by atoms with Crippen molar-refractivity contribution in [1.29, 1.82) is 5.26 Å². The molecule has 0 aliphatic carbocycles. The molecular weight excluding hydrogens is 302 g/mol. The Hall–Kier alpha value is -2.90. The Labute approximate surface area is 140 Å². The maximum Gasteiger partial charge on any atom is 0.340 e. The molecule has 24 heavy (non-hydrogen) atoms. The summed E-state index contributed by atoms with van der Waals surface area (Å²) in [5.41, 5.74) is 2.32. The van der Waals surface area contributed by atoms with Crippen molar-refractivity contribution in [1.82, 2.24) is 0 Å². The number of carbonyl (C=O) groups is 1.